The van der Waals surface area contributed by atoms with Crippen LogP contribution in [-0.2, 0) is 0 Å². The predicted octanol–water partition coefficient (Wildman–Crippen LogP) is 12.8. The maximum absolute atomic E-state index is 10.5. The van der Waals surface area contributed by atoms with E-state index in [1.54, 1.807) is 36.4 Å². The molecule has 0 radical (unpaired) electrons. The van der Waals surface area contributed by atoms with E-state index in [9.17, 15) is 24.4 Å². The Labute approximate surface area is 469 Å². The molecule has 0 saturated carbocycles. The second-order valence-corrected chi connectivity index (χ2v) is 18.3. The van der Waals surface area contributed by atoms with Gasteiger partial charge >= 0.3 is 0 Å². The summed E-state index contributed by atoms with van der Waals surface area (Å²) in [6.45, 7) is 11.3. The lowest BCUT2D eigenvalue weighted by atomic mass is 10.0. The maximum Gasteiger partial charge on any atom is 0.194 e. The molecule has 14 heteroatoms. The van der Waals surface area contributed by atoms with Gasteiger partial charge in [0.1, 0.15) is 12.6 Å². The van der Waals surface area contributed by atoms with E-state index in [1.807, 2.05) is 187 Å². The van der Waals surface area contributed by atoms with Gasteiger partial charge in [0.2, 0.25) is 0 Å². The molecule has 0 saturated heterocycles. The van der Waals surface area contributed by atoms with Gasteiger partial charge in [-0.25, -0.2) is 4.85 Å². The molecule has 0 aromatic heterocycles. The molecule has 0 aliphatic heterocycles. The zero-order valence-corrected chi connectivity index (χ0v) is 46.4. The molecule has 0 heterocycles. The Kier molecular flexibility index (Phi) is 25.5. The molecular formula is C66H60N10O4. The number of aldehydes is 4. The fraction of sp³-hybridized carbons (Fsp3) is 0.152. The summed E-state index contributed by atoms with van der Waals surface area (Å²) in [7, 11) is 15.9. The normalized spacial score (nSPS) is 9.65. The van der Waals surface area contributed by atoms with Crippen molar-refractivity contribution in [3.63, 3.8) is 0 Å². The number of carbonyl (C=O) groups excluding carboxylic acids is 4. The van der Waals surface area contributed by atoms with Gasteiger partial charge in [-0.3, -0.25) is 19.2 Å². The monoisotopic (exact) mass is 1060 g/mol. The lowest BCUT2D eigenvalue weighted by Crippen LogP contribution is -2.08. The molecule has 0 unspecified atom stereocenters. The summed E-state index contributed by atoms with van der Waals surface area (Å²) in [6.07, 6.45) is 10.4. The maximum atomic E-state index is 10.5. The number of nitrogens with zero attached hydrogens (tertiary/aromatic N) is 10. The Bertz CT molecular complexity index is 3350. The minimum atomic E-state index is 0.0982. The van der Waals surface area contributed by atoms with Crippen molar-refractivity contribution in [3.05, 3.63) is 228 Å². The first-order valence-electron chi connectivity index (χ1n) is 24.5. The van der Waals surface area contributed by atoms with Crippen molar-refractivity contribution in [3.8, 4) is 30.3 Å². The fourth-order valence-corrected chi connectivity index (χ4v) is 7.01. The van der Waals surface area contributed by atoms with Gasteiger partial charge in [-0.1, -0.05) is 48.6 Å². The first kappa shape index (κ1) is 63.1. The van der Waals surface area contributed by atoms with Crippen molar-refractivity contribution >= 4 is 77.9 Å². The average molecular weight is 1060 g/mol. The SMILES string of the molecule is CN(C)c1ccc(C=O)cc1.CN(C)c1ccc(C=O)cc1.Cc1cc(C#N)c(C)cc1C#N.N#Cc1cc(C=O)c(C#N)cc1C=O.[C-]#[N+]c1cc(C=Cc2ccc(N(C)C)cc2)c(C#N)cc1C=Cc1ccc(N(C)C)cc1. The van der Waals surface area contributed by atoms with Crippen LogP contribution >= 0.6 is 0 Å². The van der Waals surface area contributed by atoms with Gasteiger partial charge in [0.05, 0.1) is 64.7 Å². The number of hydrogen-bond donors (Lipinski definition) is 0. The number of rotatable bonds is 12. The molecule has 14 nitrogen and oxygen atoms in total. The summed E-state index contributed by atoms with van der Waals surface area (Å²) in [6, 6.07) is 50.7. The molecule has 0 bridgehead atoms. The van der Waals surface area contributed by atoms with Crippen LogP contribution in [0.1, 0.15) is 103 Å². The van der Waals surface area contributed by atoms with E-state index >= 15 is 0 Å². The third-order valence-electron chi connectivity index (χ3n) is 11.8. The molecule has 0 fully saturated rings. The summed E-state index contributed by atoms with van der Waals surface area (Å²) in [5.41, 5.74) is 14.0. The van der Waals surface area contributed by atoms with Crippen LogP contribution in [0.25, 0.3) is 29.1 Å². The Hall–Kier alpha value is -11.2. The fourth-order valence-electron chi connectivity index (χ4n) is 7.01. The highest BCUT2D eigenvalue weighted by molar-refractivity contribution is 5.87. The summed E-state index contributed by atoms with van der Waals surface area (Å²) >= 11 is 0. The third-order valence-corrected chi connectivity index (χ3v) is 11.8. The van der Waals surface area contributed by atoms with Crippen molar-refractivity contribution in [1.29, 1.82) is 26.3 Å². The van der Waals surface area contributed by atoms with Crippen LogP contribution in [0.15, 0.2) is 133 Å². The van der Waals surface area contributed by atoms with Gasteiger partial charge in [0.25, 0.3) is 0 Å². The third kappa shape index (κ3) is 19.2. The topological polar surface area (TPSA) is 205 Å². The van der Waals surface area contributed by atoms with Gasteiger partial charge in [0, 0.05) is 101 Å². The Morgan fingerprint density at radius 1 is 0.350 bits per heavy atom. The second-order valence-electron chi connectivity index (χ2n) is 18.3. The van der Waals surface area contributed by atoms with Gasteiger partial charge in [-0.2, -0.15) is 26.3 Å². The number of nitriles is 5. The number of hydrogen-bond acceptors (Lipinski definition) is 13. The highest BCUT2D eigenvalue weighted by Gasteiger charge is 2.10. The summed E-state index contributed by atoms with van der Waals surface area (Å²) < 4.78 is 0. The van der Waals surface area contributed by atoms with E-state index in [4.69, 9.17) is 27.6 Å². The van der Waals surface area contributed by atoms with Gasteiger partial charge in [-0.15, -0.1) is 0 Å². The van der Waals surface area contributed by atoms with Crippen LogP contribution in [0, 0.1) is 77.1 Å². The molecule has 7 rings (SSSR count). The van der Waals surface area contributed by atoms with Crippen LogP contribution < -0.4 is 19.6 Å². The molecule has 0 N–H and O–H groups in total. The van der Waals surface area contributed by atoms with Crippen LogP contribution in [0.2, 0.25) is 0 Å². The van der Waals surface area contributed by atoms with E-state index < -0.39 is 0 Å². The van der Waals surface area contributed by atoms with Crippen molar-refractivity contribution in [2.45, 2.75) is 13.8 Å². The lowest BCUT2D eigenvalue weighted by molar-refractivity contribution is 0.111. The number of anilines is 4. The standard InChI is InChI=1S/C28H26N4.C10H4N2O2.C10H8N2.2C9H11NO/c1-30-28-19-23(12-6-21-8-14-26(15-9-21)31(2)3)25(20-29)18-24(28)13-7-22-10-16-27(17-11-22)32(4)5;11-3-7-1-9(5-13)8(4-12)2-10(7)6-14;1-7-3-10(6-12)8(2)4-9(7)5-11;2*1-10(2)9-5-3-8(7-11)4-6-9/h6-19H,2-5H3;1-2,5-6H;3-4H,1-2H3;2*3-7H,1-2H3. The Morgan fingerprint density at radius 3 is 0.887 bits per heavy atom. The predicted molar refractivity (Wildman–Crippen MR) is 321 cm³/mol. The number of aryl methyl sites for hydroxylation is 2. The average Bonchev–Trinajstić information content (AvgIpc) is 3.49. The van der Waals surface area contributed by atoms with Gasteiger partial charge in [0.15, 0.2) is 18.3 Å². The van der Waals surface area contributed by atoms with Gasteiger partial charge < -0.3 is 19.6 Å². The van der Waals surface area contributed by atoms with Crippen LogP contribution in [0.3, 0.4) is 0 Å². The molecule has 0 aliphatic carbocycles. The lowest BCUT2D eigenvalue weighted by Gasteiger charge is -2.12. The number of carbonyl (C=O) groups is 4. The minimum absolute atomic E-state index is 0.0982. The molecule has 0 aliphatic rings. The van der Waals surface area contributed by atoms with Crippen LogP contribution in [0.5, 0.6) is 0 Å². The van der Waals surface area contributed by atoms with E-state index in [-0.39, 0.29) is 22.3 Å². The zero-order valence-electron chi connectivity index (χ0n) is 46.4. The summed E-state index contributed by atoms with van der Waals surface area (Å²) in [4.78, 5) is 53.3. The van der Waals surface area contributed by atoms with Crippen LogP contribution in [-0.4, -0.2) is 81.5 Å². The van der Waals surface area contributed by atoms with Gasteiger partial charge in [-0.05, 0) is 156 Å². The smallest absolute Gasteiger partial charge is 0.194 e. The number of benzene rings is 7. The molecule has 0 spiro atoms. The van der Waals surface area contributed by atoms with Crippen LogP contribution in [0.4, 0.5) is 28.4 Å². The van der Waals surface area contributed by atoms with Crippen molar-refractivity contribution in [1.82, 2.24) is 0 Å². The largest absolute Gasteiger partial charge is 0.378 e. The second kappa shape index (κ2) is 32.3. The first-order valence-corrected chi connectivity index (χ1v) is 24.5. The van der Waals surface area contributed by atoms with Crippen molar-refractivity contribution in [2.75, 3.05) is 76.0 Å². The molecule has 80 heavy (non-hydrogen) atoms. The highest BCUT2D eigenvalue weighted by Crippen LogP contribution is 2.28. The molecule has 0 atom stereocenters. The molecular weight excluding hydrogens is 997 g/mol. The highest BCUT2D eigenvalue weighted by atomic mass is 16.1. The molecule has 7 aromatic rings. The Morgan fingerprint density at radius 2 is 0.625 bits per heavy atom. The molecule has 7 aromatic carbocycles. The zero-order chi connectivity index (χ0) is 59.3. The van der Waals surface area contributed by atoms with E-state index in [0.717, 1.165) is 79.8 Å². The first-order chi connectivity index (χ1) is 38.3. The van der Waals surface area contributed by atoms with E-state index in [1.165, 1.54) is 12.1 Å². The van der Waals surface area contributed by atoms with Crippen molar-refractivity contribution < 1.29 is 19.2 Å². The van der Waals surface area contributed by atoms with E-state index in [2.05, 4.69) is 47.3 Å². The van der Waals surface area contributed by atoms with Crippen molar-refractivity contribution in [2.24, 2.45) is 0 Å². The minimum Gasteiger partial charge on any atom is -0.378 e. The molecule has 0 amide bonds. The molecule has 398 valence electrons. The summed E-state index contributed by atoms with van der Waals surface area (Å²) in [5, 5.41) is 44.3. The van der Waals surface area contributed by atoms with E-state index in [0.29, 0.717) is 35.0 Å². The Balaban J connectivity index is 0.000000290. The quantitative estimate of drug-likeness (QED) is 0.0635. The summed E-state index contributed by atoms with van der Waals surface area (Å²) in [5.74, 6) is 0.